The minimum absolute atomic E-state index is 0.0590. The molecule has 0 radical (unpaired) electrons. The second-order valence-electron chi connectivity index (χ2n) is 7.05. The van der Waals surface area contributed by atoms with Crippen LogP contribution in [0.15, 0.2) is 52.1 Å². The number of carbonyl (C=O) groups excluding carboxylic acids is 1. The van der Waals surface area contributed by atoms with E-state index in [1.54, 1.807) is 49.3 Å². The summed E-state index contributed by atoms with van der Waals surface area (Å²) in [5.41, 5.74) is 0.431. The molecule has 1 aromatic carbocycles. The number of amides is 1. The number of likely N-dealkylation sites (tertiary alicyclic amines) is 1. The van der Waals surface area contributed by atoms with Gasteiger partial charge >= 0.3 is 0 Å². The van der Waals surface area contributed by atoms with Crippen LogP contribution >= 0.6 is 0 Å². The van der Waals surface area contributed by atoms with Gasteiger partial charge in [-0.1, -0.05) is 19.0 Å². The van der Waals surface area contributed by atoms with Crippen LogP contribution in [0.2, 0.25) is 0 Å². The van der Waals surface area contributed by atoms with Crippen LogP contribution in [-0.2, 0) is 10.0 Å². The smallest absolute Gasteiger partial charge is 0.253 e. The predicted octanol–water partition coefficient (Wildman–Crippen LogP) is 1.80. The minimum atomic E-state index is -3.55. The zero-order valence-corrected chi connectivity index (χ0v) is 18.0. The summed E-state index contributed by atoms with van der Waals surface area (Å²) in [7, 11) is -3.55. The molecule has 1 fully saturated rings. The maximum atomic E-state index is 12.7. The molecule has 0 atom stereocenters. The first kappa shape index (κ1) is 21.1. The Kier molecular flexibility index (Phi) is 5.79. The number of hydrogen-bond acceptors (Lipinski definition) is 8. The summed E-state index contributed by atoms with van der Waals surface area (Å²) in [5.74, 6) is 0.896. The van der Waals surface area contributed by atoms with E-state index in [4.69, 9.17) is 4.52 Å². The molecular weight excluding hydrogens is 420 g/mol. The fraction of sp³-hybridized carbons (Fsp3) is 0.350. The van der Waals surface area contributed by atoms with E-state index in [1.807, 2.05) is 0 Å². The number of rotatable bonds is 7. The molecule has 0 spiro atoms. The Bertz CT molecular complexity index is 1150. The van der Waals surface area contributed by atoms with E-state index in [0.717, 1.165) is 0 Å². The lowest BCUT2D eigenvalue weighted by molar-refractivity contribution is 0.0569. The second kappa shape index (κ2) is 8.52. The van der Waals surface area contributed by atoms with Crippen LogP contribution in [0.4, 0.5) is 0 Å². The molecule has 4 rings (SSSR count). The topological polar surface area (TPSA) is 122 Å². The molecule has 2 aromatic heterocycles. The first-order chi connectivity index (χ1) is 14.9. The van der Waals surface area contributed by atoms with Crippen molar-refractivity contribution in [3.05, 3.63) is 54.2 Å². The highest BCUT2D eigenvalue weighted by atomic mass is 32.2. The van der Waals surface area contributed by atoms with Gasteiger partial charge in [0.2, 0.25) is 27.6 Å². The molecule has 3 heterocycles. The molecule has 0 N–H and O–H groups in total. The van der Waals surface area contributed by atoms with Crippen LogP contribution < -0.4 is 0 Å². The average molecular weight is 443 g/mol. The maximum absolute atomic E-state index is 12.7. The number of benzene rings is 1. The summed E-state index contributed by atoms with van der Waals surface area (Å²) in [4.78, 5) is 27.1. The molecular formula is C20H22N6O4S. The third-order valence-electron chi connectivity index (χ3n) is 5.17. The molecule has 162 valence electrons. The van der Waals surface area contributed by atoms with Gasteiger partial charge in [0.15, 0.2) is 0 Å². The van der Waals surface area contributed by atoms with Crippen molar-refractivity contribution in [3.63, 3.8) is 0 Å². The van der Waals surface area contributed by atoms with E-state index in [2.05, 4.69) is 20.1 Å². The SMILES string of the molecule is CCN(CC)S(=O)(=O)c1ccc(C(=O)N2CC(c3nc(-c4ncccn4)no3)C2)cc1. The summed E-state index contributed by atoms with van der Waals surface area (Å²) in [6.45, 7) is 5.24. The Morgan fingerprint density at radius 1 is 1.10 bits per heavy atom. The fourth-order valence-electron chi connectivity index (χ4n) is 3.37. The highest BCUT2D eigenvalue weighted by Gasteiger charge is 2.36. The van der Waals surface area contributed by atoms with Gasteiger partial charge in [0, 0.05) is 44.1 Å². The number of hydrogen-bond donors (Lipinski definition) is 0. The molecule has 0 bridgehead atoms. The molecule has 11 heteroatoms. The third kappa shape index (κ3) is 4.06. The van der Waals surface area contributed by atoms with E-state index in [1.165, 1.54) is 16.4 Å². The maximum Gasteiger partial charge on any atom is 0.253 e. The fourth-order valence-corrected chi connectivity index (χ4v) is 4.83. The van der Waals surface area contributed by atoms with Crippen molar-refractivity contribution in [1.82, 2.24) is 29.3 Å². The van der Waals surface area contributed by atoms with Crippen LogP contribution in [0.5, 0.6) is 0 Å². The van der Waals surface area contributed by atoms with Crippen molar-refractivity contribution in [2.75, 3.05) is 26.2 Å². The van der Waals surface area contributed by atoms with E-state index in [0.29, 0.717) is 49.3 Å². The van der Waals surface area contributed by atoms with Crippen molar-refractivity contribution in [3.8, 4) is 11.6 Å². The first-order valence-corrected chi connectivity index (χ1v) is 11.4. The molecule has 1 saturated heterocycles. The van der Waals surface area contributed by atoms with Gasteiger partial charge < -0.3 is 9.42 Å². The van der Waals surface area contributed by atoms with Crippen LogP contribution in [0.3, 0.4) is 0 Å². The van der Waals surface area contributed by atoms with Crippen molar-refractivity contribution < 1.29 is 17.7 Å². The number of nitrogens with zero attached hydrogens (tertiary/aromatic N) is 6. The van der Waals surface area contributed by atoms with Gasteiger partial charge in [-0.25, -0.2) is 18.4 Å². The second-order valence-corrected chi connectivity index (χ2v) is 8.99. The molecule has 31 heavy (non-hydrogen) atoms. The van der Waals surface area contributed by atoms with E-state index in [9.17, 15) is 13.2 Å². The number of sulfonamides is 1. The molecule has 1 aliphatic heterocycles. The van der Waals surface area contributed by atoms with Gasteiger partial charge in [-0.2, -0.15) is 9.29 Å². The van der Waals surface area contributed by atoms with Crippen molar-refractivity contribution in [2.24, 2.45) is 0 Å². The standard InChI is InChI=1S/C20H22N6O4S/c1-3-26(4-2)31(28,29)16-8-6-14(7-9-16)20(27)25-12-15(13-25)19-23-18(24-30-19)17-21-10-5-11-22-17/h5-11,15H,3-4,12-13H2,1-2H3. The normalized spacial score (nSPS) is 14.6. The molecule has 1 aliphatic rings. The Labute approximate surface area is 180 Å². The Morgan fingerprint density at radius 2 is 1.74 bits per heavy atom. The quantitative estimate of drug-likeness (QED) is 0.543. The van der Waals surface area contributed by atoms with E-state index >= 15 is 0 Å². The van der Waals surface area contributed by atoms with E-state index in [-0.39, 0.29) is 16.7 Å². The highest BCUT2D eigenvalue weighted by Crippen LogP contribution is 2.28. The molecule has 0 aliphatic carbocycles. The Hall–Kier alpha value is -3.18. The van der Waals surface area contributed by atoms with E-state index < -0.39 is 10.0 Å². The largest absolute Gasteiger partial charge is 0.338 e. The van der Waals surface area contributed by atoms with Crippen LogP contribution in [-0.4, -0.2) is 69.8 Å². The molecule has 0 saturated carbocycles. The predicted molar refractivity (Wildman–Crippen MR) is 111 cm³/mol. The van der Waals surface area contributed by atoms with Gasteiger partial charge in [-0.15, -0.1) is 0 Å². The van der Waals surface area contributed by atoms with Gasteiger partial charge in [-0.3, -0.25) is 4.79 Å². The third-order valence-corrected chi connectivity index (χ3v) is 7.23. The van der Waals surface area contributed by atoms with Gasteiger partial charge in [0.05, 0.1) is 10.8 Å². The minimum Gasteiger partial charge on any atom is -0.338 e. The van der Waals surface area contributed by atoms with Crippen LogP contribution in [0.25, 0.3) is 11.6 Å². The Balaban J connectivity index is 1.39. The lowest BCUT2D eigenvalue weighted by Gasteiger charge is -2.37. The lowest BCUT2D eigenvalue weighted by atomic mass is 9.99. The summed E-state index contributed by atoms with van der Waals surface area (Å²) >= 11 is 0. The zero-order valence-electron chi connectivity index (χ0n) is 17.2. The molecule has 1 amide bonds. The number of carbonyl (C=O) groups is 1. The monoisotopic (exact) mass is 442 g/mol. The van der Waals surface area contributed by atoms with Gasteiger partial charge in [-0.05, 0) is 30.3 Å². The summed E-state index contributed by atoms with van der Waals surface area (Å²) in [6.07, 6.45) is 3.20. The van der Waals surface area contributed by atoms with Gasteiger partial charge in [0.25, 0.3) is 5.91 Å². The number of aromatic nitrogens is 4. The van der Waals surface area contributed by atoms with Crippen LogP contribution in [0.1, 0.15) is 36.0 Å². The summed E-state index contributed by atoms with van der Waals surface area (Å²) in [6, 6.07) is 7.74. The zero-order chi connectivity index (χ0) is 22.0. The molecule has 10 nitrogen and oxygen atoms in total. The molecule has 0 unspecified atom stereocenters. The highest BCUT2D eigenvalue weighted by molar-refractivity contribution is 7.89. The Morgan fingerprint density at radius 3 is 2.35 bits per heavy atom. The van der Waals surface area contributed by atoms with Crippen molar-refractivity contribution in [1.29, 1.82) is 0 Å². The molecule has 3 aromatic rings. The summed E-state index contributed by atoms with van der Waals surface area (Å²) < 4.78 is 31.8. The van der Waals surface area contributed by atoms with Crippen molar-refractivity contribution in [2.45, 2.75) is 24.7 Å². The lowest BCUT2D eigenvalue weighted by Crippen LogP contribution is -2.48. The van der Waals surface area contributed by atoms with Crippen molar-refractivity contribution >= 4 is 15.9 Å². The first-order valence-electron chi connectivity index (χ1n) is 9.94. The summed E-state index contributed by atoms with van der Waals surface area (Å²) in [5, 5.41) is 3.90. The van der Waals surface area contributed by atoms with Crippen LogP contribution in [0, 0.1) is 0 Å². The van der Waals surface area contributed by atoms with Gasteiger partial charge in [0.1, 0.15) is 0 Å². The average Bonchev–Trinajstić information content (AvgIpc) is 3.24.